The number of nitrogens with zero attached hydrogens (tertiary/aromatic N) is 3. The van der Waals surface area contributed by atoms with Crippen LogP contribution in [0.3, 0.4) is 0 Å². The van der Waals surface area contributed by atoms with Crippen molar-refractivity contribution in [1.29, 1.82) is 0 Å². The third kappa shape index (κ3) is 4.15. The summed E-state index contributed by atoms with van der Waals surface area (Å²) in [5.41, 5.74) is 0. The predicted molar refractivity (Wildman–Crippen MR) is 78.5 cm³/mol. The van der Waals surface area contributed by atoms with E-state index in [-0.39, 0.29) is 11.9 Å². The van der Waals surface area contributed by atoms with Gasteiger partial charge in [0.2, 0.25) is 5.91 Å². The van der Waals surface area contributed by atoms with Crippen LogP contribution in [0.1, 0.15) is 20.3 Å². The van der Waals surface area contributed by atoms with E-state index in [2.05, 4.69) is 5.32 Å². The Bertz CT molecular complexity index is 416. The fourth-order valence-corrected chi connectivity index (χ4v) is 3.20. The van der Waals surface area contributed by atoms with Crippen molar-refractivity contribution in [3.05, 3.63) is 0 Å². The van der Waals surface area contributed by atoms with Crippen LogP contribution in [0.25, 0.3) is 0 Å². The van der Waals surface area contributed by atoms with E-state index in [1.165, 1.54) is 22.7 Å². The Balaban J connectivity index is 2.52. The molecule has 1 aliphatic heterocycles. The largest absolute Gasteiger partial charge is 0.355 e. The third-order valence-electron chi connectivity index (χ3n) is 3.54. The van der Waals surface area contributed by atoms with Crippen molar-refractivity contribution in [2.45, 2.75) is 26.3 Å². The van der Waals surface area contributed by atoms with E-state index < -0.39 is 10.2 Å². The van der Waals surface area contributed by atoms with Crippen LogP contribution in [-0.4, -0.2) is 80.7 Å². The summed E-state index contributed by atoms with van der Waals surface area (Å²) >= 11 is 0. The molecule has 1 N–H and O–H groups in total. The number of carbonyl (C=O) groups excluding carboxylic acids is 1. The first kappa shape index (κ1) is 17.4. The van der Waals surface area contributed by atoms with Crippen molar-refractivity contribution in [1.82, 2.24) is 18.8 Å². The minimum Gasteiger partial charge on any atom is -0.355 e. The fourth-order valence-electron chi connectivity index (χ4n) is 2.11. The molecule has 1 fully saturated rings. The number of carbonyl (C=O) groups is 1. The number of hydrogen-bond donors (Lipinski definition) is 1. The molecule has 0 aromatic carbocycles. The Labute approximate surface area is 122 Å². The Morgan fingerprint density at radius 3 is 2.25 bits per heavy atom. The molecule has 0 aromatic rings. The summed E-state index contributed by atoms with van der Waals surface area (Å²) in [5, 5.41) is 2.87. The highest BCUT2D eigenvalue weighted by Gasteiger charge is 2.31. The lowest BCUT2D eigenvalue weighted by molar-refractivity contribution is -0.126. The van der Waals surface area contributed by atoms with Gasteiger partial charge >= 0.3 is 0 Å². The van der Waals surface area contributed by atoms with Gasteiger partial charge in [-0.3, -0.25) is 9.69 Å². The summed E-state index contributed by atoms with van der Waals surface area (Å²) < 4.78 is 26.7. The molecule has 0 spiro atoms. The molecule has 1 amide bonds. The van der Waals surface area contributed by atoms with E-state index in [9.17, 15) is 13.2 Å². The van der Waals surface area contributed by atoms with E-state index >= 15 is 0 Å². The second kappa shape index (κ2) is 7.35. The lowest BCUT2D eigenvalue weighted by atomic mass is 10.2. The van der Waals surface area contributed by atoms with Gasteiger partial charge in [-0.25, -0.2) is 0 Å². The van der Waals surface area contributed by atoms with Gasteiger partial charge in [0, 0.05) is 46.8 Å². The highest BCUT2D eigenvalue weighted by Crippen LogP contribution is 2.11. The van der Waals surface area contributed by atoms with Crippen molar-refractivity contribution in [2.24, 2.45) is 0 Å². The molecule has 0 aromatic heterocycles. The Hall–Kier alpha value is -0.700. The average Bonchev–Trinajstić information content (AvgIpc) is 2.43. The minimum atomic E-state index is -3.34. The van der Waals surface area contributed by atoms with Gasteiger partial charge < -0.3 is 5.32 Å². The number of hydrogen-bond acceptors (Lipinski definition) is 4. The van der Waals surface area contributed by atoms with Crippen LogP contribution in [0.5, 0.6) is 0 Å². The molecular weight excluding hydrogens is 280 g/mol. The van der Waals surface area contributed by atoms with Crippen molar-refractivity contribution >= 4 is 16.1 Å². The molecule has 8 heteroatoms. The monoisotopic (exact) mass is 306 g/mol. The van der Waals surface area contributed by atoms with E-state index in [4.69, 9.17) is 0 Å². The Morgan fingerprint density at radius 1 is 1.25 bits per heavy atom. The van der Waals surface area contributed by atoms with Crippen molar-refractivity contribution < 1.29 is 13.2 Å². The molecule has 20 heavy (non-hydrogen) atoms. The second-order valence-corrected chi connectivity index (χ2v) is 7.33. The van der Waals surface area contributed by atoms with Gasteiger partial charge in [-0.1, -0.05) is 6.92 Å². The molecule has 1 atom stereocenters. The Morgan fingerprint density at radius 2 is 1.80 bits per heavy atom. The minimum absolute atomic E-state index is 0.00997. The zero-order valence-corrected chi connectivity index (χ0v) is 13.6. The summed E-state index contributed by atoms with van der Waals surface area (Å²) in [4.78, 5) is 13.9. The van der Waals surface area contributed by atoms with Crippen LogP contribution in [-0.2, 0) is 15.0 Å². The number of amides is 1. The first-order chi connectivity index (χ1) is 9.30. The van der Waals surface area contributed by atoms with Crippen molar-refractivity contribution in [3.63, 3.8) is 0 Å². The van der Waals surface area contributed by atoms with Crippen LogP contribution in [0.15, 0.2) is 0 Å². The van der Waals surface area contributed by atoms with E-state index in [0.29, 0.717) is 32.7 Å². The highest BCUT2D eigenvalue weighted by atomic mass is 32.2. The summed E-state index contributed by atoms with van der Waals surface area (Å²) in [7, 11) is -0.283. The smallest absolute Gasteiger partial charge is 0.281 e. The van der Waals surface area contributed by atoms with Gasteiger partial charge in [0.05, 0.1) is 6.04 Å². The summed E-state index contributed by atoms with van der Waals surface area (Å²) in [5.74, 6) is 0.00997. The fraction of sp³-hybridized carbons (Fsp3) is 0.917. The lowest BCUT2D eigenvalue weighted by Gasteiger charge is -2.37. The molecule has 1 rings (SSSR count). The average molecular weight is 306 g/mol. The third-order valence-corrected chi connectivity index (χ3v) is 5.48. The molecule has 1 saturated heterocycles. The molecule has 1 unspecified atom stereocenters. The second-order valence-electron chi connectivity index (χ2n) is 5.19. The summed E-state index contributed by atoms with van der Waals surface area (Å²) in [6.07, 6.45) is 0.910. The van der Waals surface area contributed by atoms with Crippen molar-refractivity contribution in [2.75, 3.05) is 46.8 Å². The maximum Gasteiger partial charge on any atom is 0.281 e. The maximum absolute atomic E-state index is 12.0. The zero-order chi connectivity index (χ0) is 15.3. The summed E-state index contributed by atoms with van der Waals surface area (Å²) in [6, 6.07) is -0.217. The van der Waals surface area contributed by atoms with Gasteiger partial charge in [-0.2, -0.15) is 17.0 Å². The predicted octanol–water partition coefficient (Wildman–Crippen LogP) is -0.675. The van der Waals surface area contributed by atoms with Gasteiger partial charge in [-0.05, 0) is 13.3 Å². The van der Waals surface area contributed by atoms with E-state index in [0.717, 1.165) is 6.42 Å². The highest BCUT2D eigenvalue weighted by molar-refractivity contribution is 7.86. The number of piperazine rings is 1. The number of rotatable bonds is 6. The van der Waals surface area contributed by atoms with E-state index in [1.807, 2.05) is 18.7 Å². The zero-order valence-electron chi connectivity index (χ0n) is 12.8. The Kier molecular flexibility index (Phi) is 6.38. The maximum atomic E-state index is 12.0. The quantitative estimate of drug-likeness (QED) is 0.706. The molecule has 1 heterocycles. The molecule has 0 saturated carbocycles. The van der Waals surface area contributed by atoms with Gasteiger partial charge in [-0.15, -0.1) is 0 Å². The molecule has 0 radical (unpaired) electrons. The van der Waals surface area contributed by atoms with Crippen LogP contribution < -0.4 is 5.32 Å². The van der Waals surface area contributed by atoms with Crippen LogP contribution in [0, 0.1) is 0 Å². The molecule has 0 bridgehead atoms. The van der Waals surface area contributed by atoms with Crippen LogP contribution in [0.4, 0.5) is 0 Å². The topological polar surface area (TPSA) is 73.0 Å². The van der Waals surface area contributed by atoms with E-state index in [1.54, 1.807) is 0 Å². The standard InChI is InChI=1S/C12H26N4O3S/c1-5-6-13-12(17)11(2)15-7-9-16(10-8-15)20(18,19)14(3)4/h11H,5-10H2,1-4H3,(H,13,17). The van der Waals surface area contributed by atoms with Gasteiger partial charge in [0.15, 0.2) is 0 Å². The molecular formula is C12H26N4O3S. The molecule has 0 aliphatic carbocycles. The van der Waals surface area contributed by atoms with Crippen LogP contribution in [0.2, 0.25) is 0 Å². The summed E-state index contributed by atoms with van der Waals surface area (Å²) in [6.45, 7) is 6.55. The SMILES string of the molecule is CCCNC(=O)C(C)N1CCN(S(=O)(=O)N(C)C)CC1. The number of nitrogens with one attached hydrogen (secondary N) is 1. The first-order valence-electron chi connectivity index (χ1n) is 7.00. The van der Waals surface area contributed by atoms with Crippen LogP contribution >= 0.6 is 0 Å². The van der Waals surface area contributed by atoms with Gasteiger partial charge in [0.1, 0.15) is 0 Å². The molecule has 1 aliphatic rings. The van der Waals surface area contributed by atoms with Crippen molar-refractivity contribution in [3.8, 4) is 0 Å². The van der Waals surface area contributed by atoms with Gasteiger partial charge in [0.25, 0.3) is 10.2 Å². The molecule has 7 nitrogen and oxygen atoms in total. The first-order valence-corrected chi connectivity index (χ1v) is 8.39. The lowest BCUT2D eigenvalue weighted by Crippen LogP contribution is -2.56. The molecule has 118 valence electrons. The normalized spacial score (nSPS) is 20.1.